The minimum absolute atomic E-state index is 0.785. The standard InChI is InChI=1S/C25H42O21/c1-5-17(43-23-13(33)10(30)8(28)6(3-26)41-23)19(15(35)21(37)40-5)45-25-16(36)18(9(29)7(4-27)42-25)44-24-14(34)11(31)12(32)20(46-24)22(38)39-2/h5-21,23-37H,3-4H2,1-2H3/t5-,6+,7+,8-,9-,10-,11-,12-,13+,14+,15+,16+,17-,18-,19-,20-,21?,23-,24-,25+/m0/s1. The minimum atomic E-state index is -2.07. The Balaban J connectivity index is 1.56. The van der Waals surface area contributed by atoms with Gasteiger partial charge in [0, 0.05) is 0 Å². The van der Waals surface area contributed by atoms with E-state index in [0.29, 0.717) is 0 Å². The van der Waals surface area contributed by atoms with Crippen molar-refractivity contribution < 1.29 is 104 Å². The lowest BCUT2D eigenvalue weighted by atomic mass is 9.95. The number of carbonyl (C=O) groups excluding carboxylic acids is 1. The van der Waals surface area contributed by atoms with E-state index in [1.165, 1.54) is 6.92 Å². The van der Waals surface area contributed by atoms with Gasteiger partial charge in [-0.1, -0.05) is 0 Å². The second kappa shape index (κ2) is 15.5. The molecule has 4 heterocycles. The molecule has 0 radical (unpaired) electrons. The predicted octanol–water partition coefficient (Wildman–Crippen LogP) is -8.54. The van der Waals surface area contributed by atoms with E-state index in [0.717, 1.165) is 7.11 Å². The van der Waals surface area contributed by atoms with Crippen molar-refractivity contribution in [1.29, 1.82) is 0 Å². The van der Waals surface area contributed by atoms with Crippen molar-refractivity contribution in [2.24, 2.45) is 0 Å². The normalized spacial score (nSPS) is 51.9. The maximum absolute atomic E-state index is 12.1. The minimum Gasteiger partial charge on any atom is -0.467 e. The third-order valence-corrected chi connectivity index (χ3v) is 8.32. The van der Waals surface area contributed by atoms with Crippen LogP contribution in [0.3, 0.4) is 0 Å². The summed E-state index contributed by atoms with van der Waals surface area (Å²) in [6, 6.07) is 0. The van der Waals surface area contributed by atoms with Gasteiger partial charge in [0.05, 0.1) is 26.4 Å². The SMILES string of the molecule is COC(=O)[C@H]1O[C@H](O[C@H]2[C@@H](O)[C@@H](CO)O[C@H](O[C@@H]3[C@@H](O[C@@H]4O[C@H](CO)[C@H](O)[C@H](O)[C@H]4O)[C@H](C)OC(O)[C@@H]3O)[C@@H]2O)[C@H](O)[C@@H](O)[C@@H]1O. The van der Waals surface area contributed by atoms with E-state index < -0.39 is 142 Å². The van der Waals surface area contributed by atoms with Crippen molar-refractivity contribution in [2.75, 3.05) is 20.3 Å². The number of ether oxygens (including phenoxy) is 8. The molecule has 4 rings (SSSR count). The van der Waals surface area contributed by atoms with Crippen molar-refractivity contribution in [3.63, 3.8) is 0 Å². The van der Waals surface area contributed by atoms with Crippen LogP contribution < -0.4 is 0 Å². The number of rotatable bonds is 9. The molecule has 4 aliphatic rings. The highest BCUT2D eigenvalue weighted by Gasteiger charge is 2.55. The van der Waals surface area contributed by atoms with Crippen LogP contribution in [0, 0.1) is 0 Å². The molecule has 1 unspecified atom stereocenters. The van der Waals surface area contributed by atoms with E-state index in [1.807, 2.05) is 0 Å². The highest BCUT2D eigenvalue weighted by atomic mass is 16.8. The first-order chi connectivity index (χ1) is 21.7. The number of esters is 1. The van der Waals surface area contributed by atoms with Crippen LogP contribution in [-0.4, -0.2) is 210 Å². The molecule has 0 aromatic heterocycles. The Morgan fingerprint density at radius 1 is 0.543 bits per heavy atom. The van der Waals surface area contributed by atoms with Gasteiger partial charge in [0.15, 0.2) is 31.3 Å². The van der Waals surface area contributed by atoms with Gasteiger partial charge in [0.1, 0.15) is 85.5 Å². The second-order valence-electron chi connectivity index (χ2n) is 11.3. The predicted molar refractivity (Wildman–Crippen MR) is 137 cm³/mol. The highest BCUT2D eigenvalue weighted by molar-refractivity contribution is 5.75. The molecule has 0 aromatic carbocycles. The van der Waals surface area contributed by atoms with Crippen LogP contribution in [0.1, 0.15) is 6.92 Å². The van der Waals surface area contributed by atoms with Crippen LogP contribution in [-0.2, 0) is 42.7 Å². The first-order valence-corrected chi connectivity index (χ1v) is 14.3. The lowest BCUT2D eigenvalue weighted by Gasteiger charge is -2.49. The third-order valence-electron chi connectivity index (χ3n) is 8.32. The van der Waals surface area contributed by atoms with Crippen molar-refractivity contribution in [2.45, 2.75) is 130 Å². The van der Waals surface area contributed by atoms with Crippen molar-refractivity contribution in [3.05, 3.63) is 0 Å². The van der Waals surface area contributed by atoms with Gasteiger partial charge in [0.2, 0.25) is 0 Å². The monoisotopic (exact) mass is 678 g/mol. The second-order valence-corrected chi connectivity index (χ2v) is 11.3. The molecule has 0 aliphatic carbocycles. The Morgan fingerprint density at radius 3 is 1.59 bits per heavy atom. The van der Waals surface area contributed by atoms with Gasteiger partial charge in [-0.05, 0) is 6.92 Å². The Hall–Kier alpha value is -1.29. The molecule has 12 N–H and O–H groups in total. The maximum atomic E-state index is 12.1. The van der Waals surface area contributed by atoms with Crippen LogP contribution in [0.2, 0.25) is 0 Å². The van der Waals surface area contributed by atoms with Gasteiger partial charge < -0.3 is 99.2 Å². The Labute approximate surface area is 260 Å². The summed E-state index contributed by atoms with van der Waals surface area (Å²) in [6.07, 6.45) is -36.0. The van der Waals surface area contributed by atoms with Crippen LogP contribution in [0.25, 0.3) is 0 Å². The molecular formula is C25H42O21. The number of aliphatic hydroxyl groups excluding tert-OH is 12. The maximum Gasteiger partial charge on any atom is 0.337 e. The lowest BCUT2D eigenvalue weighted by molar-refractivity contribution is -0.390. The fourth-order valence-electron chi connectivity index (χ4n) is 5.59. The molecule has 46 heavy (non-hydrogen) atoms. The molecule has 0 saturated carbocycles. The Morgan fingerprint density at radius 2 is 1.02 bits per heavy atom. The molecule has 20 atom stereocenters. The zero-order chi connectivity index (χ0) is 34.2. The smallest absolute Gasteiger partial charge is 0.337 e. The molecule has 0 spiro atoms. The molecule has 268 valence electrons. The van der Waals surface area contributed by atoms with Gasteiger partial charge >= 0.3 is 5.97 Å². The molecule has 4 saturated heterocycles. The number of carbonyl (C=O) groups is 1. The van der Waals surface area contributed by atoms with E-state index in [2.05, 4.69) is 4.74 Å². The summed E-state index contributed by atoms with van der Waals surface area (Å²) in [7, 11) is 0.961. The molecule has 0 aromatic rings. The molecule has 0 amide bonds. The molecule has 4 fully saturated rings. The highest BCUT2D eigenvalue weighted by Crippen LogP contribution is 2.34. The van der Waals surface area contributed by atoms with E-state index in [-0.39, 0.29) is 0 Å². The first kappa shape index (κ1) is 37.5. The number of methoxy groups -OCH3 is 1. The van der Waals surface area contributed by atoms with E-state index >= 15 is 0 Å². The molecule has 21 heteroatoms. The summed E-state index contributed by atoms with van der Waals surface area (Å²) in [6.45, 7) is -0.343. The fourth-order valence-corrected chi connectivity index (χ4v) is 5.59. The van der Waals surface area contributed by atoms with E-state index in [1.54, 1.807) is 0 Å². The zero-order valence-electron chi connectivity index (χ0n) is 24.5. The lowest BCUT2D eigenvalue weighted by Crippen LogP contribution is -2.67. The van der Waals surface area contributed by atoms with Crippen molar-refractivity contribution in [3.8, 4) is 0 Å². The summed E-state index contributed by atoms with van der Waals surface area (Å²) >= 11 is 0. The number of hydrogen-bond acceptors (Lipinski definition) is 21. The third kappa shape index (κ3) is 7.33. The van der Waals surface area contributed by atoms with Gasteiger partial charge in [0.25, 0.3) is 0 Å². The summed E-state index contributed by atoms with van der Waals surface area (Å²) in [4.78, 5) is 12.1. The fraction of sp³-hybridized carbons (Fsp3) is 0.960. The van der Waals surface area contributed by atoms with Crippen LogP contribution in [0.15, 0.2) is 0 Å². The first-order valence-electron chi connectivity index (χ1n) is 14.3. The topological polar surface area (TPSA) is 334 Å². The summed E-state index contributed by atoms with van der Waals surface area (Å²) < 4.78 is 42.9. The average Bonchev–Trinajstić information content (AvgIpc) is 3.03. The molecule has 4 aliphatic heterocycles. The molecule has 0 bridgehead atoms. The van der Waals surface area contributed by atoms with Crippen molar-refractivity contribution in [1.82, 2.24) is 0 Å². The van der Waals surface area contributed by atoms with Gasteiger partial charge in [-0.25, -0.2) is 4.79 Å². The van der Waals surface area contributed by atoms with E-state index in [9.17, 15) is 66.1 Å². The number of hydrogen-bond donors (Lipinski definition) is 12. The van der Waals surface area contributed by atoms with Gasteiger partial charge in [-0.2, -0.15) is 0 Å². The van der Waals surface area contributed by atoms with Crippen molar-refractivity contribution >= 4 is 5.97 Å². The average molecular weight is 679 g/mol. The van der Waals surface area contributed by atoms with Crippen LogP contribution >= 0.6 is 0 Å². The quantitative estimate of drug-likeness (QED) is 0.101. The van der Waals surface area contributed by atoms with Gasteiger partial charge in [-0.15, -0.1) is 0 Å². The zero-order valence-corrected chi connectivity index (χ0v) is 24.5. The largest absolute Gasteiger partial charge is 0.467 e. The Kier molecular flexibility index (Phi) is 12.6. The Bertz CT molecular complexity index is 989. The van der Waals surface area contributed by atoms with Gasteiger partial charge in [-0.3, -0.25) is 0 Å². The molecule has 21 nitrogen and oxygen atoms in total. The number of aliphatic hydroxyl groups is 12. The summed E-state index contributed by atoms with van der Waals surface area (Å²) in [5.41, 5.74) is 0. The molecular weight excluding hydrogens is 636 g/mol. The van der Waals surface area contributed by atoms with Crippen LogP contribution in [0.5, 0.6) is 0 Å². The summed E-state index contributed by atoms with van der Waals surface area (Å²) in [5.74, 6) is -1.15. The van der Waals surface area contributed by atoms with Crippen LogP contribution in [0.4, 0.5) is 0 Å². The summed E-state index contributed by atoms with van der Waals surface area (Å²) in [5, 5.41) is 124. The van der Waals surface area contributed by atoms with E-state index in [4.69, 9.17) is 33.2 Å².